The number of Topliss-reactive ketones (excluding diaryl/α,β-unsaturated/α-hetero) is 1. The van der Waals surface area contributed by atoms with Crippen molar-refractivity contribution in [2.75, 3.05) is 0 Å². The van der Waals surface area contributed by atoms with E-state index in [0.717, 1.165) is 17.5 Å². The summed E-state index contributed by atoms with van der Waals surface area (Å²) >= 11 is 0. The molecule has 0 amide bonds. The number of benzene rings is 1. The number of carbonyl (C=O) groups excluding carboxylic acids is 1. The number of hydrogen-bond acceptors (Lipinski definition) is 3. The number of aliphatic hydroxyl groups excluding tert-OH is 1. The third kappa shape index (κ3) is 1.89. The van der Waals surface area contributed by atoms with Crippen LogP contribution in [0, 0.1) is 6.92 Å². The lowest BCUT2D eigenvalue weighted by atomic mass is 10.2. The fraction of sp³-hybridized carbons (Fsp3) is 0.231. The summed E-state index contributed by atoms with van der Waals surface area (Å²) in [6.07, 6.45) is 1.92. The number of hydrogen-bond donors (Lipinski definition) is 1. The predicted molar refractivity (Wildman–Crippen MR) is 63.2 cm³/mol. The average molecular weight is 215 g/mol. The lowest BCUT2D eigenvalue weighted by molar-refractivity contribution is -0.114. The highest BCUT2D eigenvalue weighted by Gasteiger charge is 2.24. The van der Waals surface area contributed by atoms with Gasteiger partial charge in [0.15, 0.2) is 5.78 Å². The first-order valence-electron chi connectivity index (χ1n) is 5.23. The highest BCUT2D eigenvalue weighted by molar-refractivity contribution is 6.27. The van der Waals surface area contributed by atoms with E-state index in [2.05, 4.69) is 4.99 Å². The van der Waals surface area contributed by atoms with Gasteiger partial charge in [-0.1, -0.05) is 18.2 Å². The van der Waals surface area contributed by atoms with E-state index >= 15 is 0 Å². The number of aliphatic hydroxyl groups is 1. The van der Waals surface area contributed by atoms with Gasteiger partial charge < -0.3 is 5.11 Å². The van der Waals surface area contributed by atoms with E-state index < -0.39 is 0 Å². The average Bonchev–Trinajstić information content (AvgIpc) is 2.63. The van der Waals surface area contributed by atoms with E-state index in [-0.39, 0.29) is 5.78 Å². The quantitative estimate of drug-likeness (QED) is 0.578. The Balaban J connectivity index is 2.39. The molecule has 0 unspecified atom stereocenters. The normalized spacial score (nSPS) is 20.9. The topological polar surface area (TPSA) is 49.7 Å². The molecule has 2 rings (SSSR count). The van der Waals surface area contributed by atoms with E-state index in [4.69, 9.17) is 5.11 Å². The van der Waals surface area contributed by atoms with Gasteiger partial charge in [-0.15, -0.1) is 0 Å². The van der Waals surface area contributed by atoms with Crippen molar-refractivity contribution < 1.29 is 9.90 Å². The van der Waals surface area contributed by atoms with Crippen LogP contribution in [0.4, 0.5) is 5.69 Å². The molecule has 0 aliphatic heterocycles. The van der Waals surface area contributed by atoms with Crippen molar-refractivity contribution >= 4 is 17.2 Å². The molecule has 16 heavy (non-hydrogen) atoms. The first-order valence-corrected chi connectivity index (χ1v) is 5.23. The largest absolute Gasteiger partial charge is 0.515 e. The van der Waals surface area contributed by atoms with E-state index in [1.165, 1.54) is 0 Å². The van der Waals surface area contributed by atoms with Gasteiger partial charge in [0.05, 0.1) is 23.2 Å². The summed E-state index contributed by atoms with van der Waals surface area (Å²) in [5.74, 6) is -0.0326. The molecule has 1 fully saturated rings. The minimum atomic E-state index is -0.0326. The number of aryl methyl sites for hydroxylation is 1. The molecule has 1 aromatic carbocycles. The summed E-state index contributed by atoms with van der Waals surface area (Å²) in [5, 5.41) is 8.99. The van der Waals surface area contributed by atoms with Gasteiger partial charge in [0, 0.05) is 6.42 Å². The maximum Gasteiger partial charge on any atom is 0.168 e. The van der Waals surface area contributed by atoms with Gasteiger partial charge in [-0.2, -0.15) is 0 Å². The molecule has 1 saturated carbocycles. The van der Waals surface area contributed by atoms with Gasteiger partial charge >= 0.3 is 0 Å². The van der Waals surface area contributed by atoms with Crippen molar-refractivity contribution in [2.45, 2.75) is 19.8 Å². The SMILES string of the molecule is Cc1ccccc1N=C1CCC(=O)/C1=C\O. The minimum Gasteiger partial charge on any atom is -0.515 e. The smallest absolute Gasteiger partial charge is 0.168 e. The Morgan fingerprint density at radius 3 is 2.75 bits per heavy atom. The van der Waals surface area contributed by atoms with Crippen LogP contribution in [0.15, 0.2) is 41.1 Å². The Hall–Kier alpha value is -1.90. The number of para-hydroxylation sites is 1. The van der Waals surface area contributed by atoms with Crippen LogP contribution in [-0.4, -0.2) is 16.6 Å². The van der Waals surface area contributed by atoms with Crippen LogP contribution in [0.3, 0.4) is 0 Å². The van der Waals surface area contributed by atoms with E-state index in [0.29, 0.717) is 24.1 Å². The van der Waals surface area contributed by atoms with E-state index in [1.54, 1.807) is 0 Å². The van der Waals surface area contributed by atoms with Crippen molar-refractivity contribution in [1.29, 1.82) is 0 Å². The van der Waals surface area contributed by atoms with E-state index in [1.807, 2.05) is 31.2 Å². The molecule has 0 saturated heterocycles. The maximum atomic E-state index is 11.4. The Morgan fingerprint density at radius 2 is 2.06 bits per heavy atom. The Labute approximate surface area is 94.1 Å². The van der Waals surface area contributed by atoms with Crippen molar-refractivity contribution in [3.05, 3.63) is 41.7 Å². The second-order valence-corrected chi connectivity index (χ2v) is 3.81. The molecule has 3 heteroatoms. The molecule has 0 atom stereocenters. The number of aliphatic imine (C=N–C) groups is 1. The molecule has 0 spiro atoms. The van der Waals surface area contributed by atoms with Crippen LogP contribution >= 0.6 is 0 Å². The molecule has 0 heterocycles. The number of rotatable bonds is 1. The molecule has 1 N–H and O–H groups in total. The van der Waals surface area contributed by atoms with Gasteiger partial charge in [0.1, 0.15) is 0 Å². The standard InChI is InChI=1S/C13H13NO2/c1-9-4-2-3-5-11(9)14-12-6-7-13(16)10(12)8-15/h2-5,8,15H,6-7H2,1H3/b10-8-,14-12?. The van der Waals surface area contributed by atoms with Crippen molar-refractivity contribution in [3.63, 3.8) is 0 Å². The number of carbonyl (C=O) groups is 1. The summed E-state index contributed by atoms with van der Waals surface area (Å²) in [7, 11) is 0. The lowest BCUT2D eigenvalue weighted by Gasteiger charge is -2.01. The third-order valence-corrected chi connectivity index (χ3v) is 2.70. The van der Waals surface area contributed by atoms with Crippen LogP contribution in [0.2, 0.25) is 0 Å². The van der Waals surface area contributed by atoms with Crippen LogP contribution in [0.5, 0.6) is 0 Å². The van der Waals surface area contributed by atoms with Crippen LogP contribution in [0.1, 0.15) is 18.4 Å². The van der Waals surface area contributed by atoms with Crippen LogP contribution in [0.25, 0.3) is 0 Å². The molecule has 1 aliphatic rings. The molecule has 82 valence electrons. The maximum absolute atomic E-state index is 11.4. The summed E-state index contributed by atoms with van der Waals surface area (Å²) in [5.41, 5.74) is 2.95. The molecule has 1 aliphatic carbocycles. The Morgan fingerprint density at radius 1 is 1.31 bits per heavy atom. The van der Waals surface area contributed by atoms with Crippen molar-refractivity contribution in [2.24, 2.45) is 4.99 Å². The molecule has 3 nitrogen and oxygen atoms in total. The van der Waals surface area contributed by atoms with Crippen LogP contribution in [-0.2, 0) is 4.79 Å². The van der Waals surface area contributed by atoms with Crippen molar-refractivity contribution in [1.82, 2.24) is 0 Å². The van der Waals surface area contributed by atoms with Gasteiger partial charge in [-0.25, -0.2) is 0 Å². The molecule has 0 bridgehead atoms. The first-order chi connectivity index (χ1) is 7.72. The zero-order valence-electron chi connectivity index (χ0n) is 9.10. The minimum absolute atomic E-state index is 0.0326. The Kier molecular flexibility index (Phi) is 2.86. The van der Waals surface area contributed by atoms with E-state index in [9.17, 15) is 4.79 Å². The molecular formula is C13H13NO2. The number of nitrogens with zero attached hydrogens (tertiary/aromatic N) is 1. The molecule has 0 aromatic heterocycles. The predicted octanol–water partition coefficient (Wildman–Crippen LogP) is 2.87. The number of ketones is 1. The zero-order valence-corrected chi connectivity index (χ0v) is 9.10. The zero-order chi connectivity index (χ0) is 11.5. The summed E-state index contributed by atoms with van der Waals surface area (Å²) < 4.78 is 0. The molecule has 1 aromatic rings. The number of allylic oxidation sites excluding steroid dienone is 1. The van der Waals surface area contributed by atoms with Gasteiger partial charge in [0.2, 0.25) is 0 Å². The first kappa shape index (κ1) is 10.6. The van der Waals surface area contributed by atoms with Crippen molar-refractivity contribution in [3.8, 4) is 0 Å². The molecular weight excluding hydrogens is 202 g/mol. The molecule has 0 radical (unpaired) electrons. The second-order valence-electron chi connectivity index (χ2n) is 3.81. The summed E-state index contributed by atoms with van der Waals surface area (Å²) in [6.45, 7) is 1.97. The highest BCUT2D eigenvalue weighted by Crippen LogP contribution is 2.24. The fourth-order valence-corrected chi connectivity index (χ4v) is 1.76. The summed E-state index contributed by atoms with van der Waals surface area (Å²) in [6, 6.07) is 7.73. The fourth-order valence-electron chi connectivity index (χ4n) is 1.76. The Bertz CT molecular complexity index is 486. The monoisotopic (exact) mass is 215 g/mol. The third-order valence-electron chi connectivity index (χ3n) is 2.70. The summed E-state index contributed by atoms with van der Waals surface area (Å²) in [4.78, 5) is 15.8. The second kappa shape index (κ2) is 4.31. The lowest BCUT2D eigenvalue weighted by Crippen LogP contribution is -1.99. The van der Waals surface area contributed by atoms with Gasteiger partial charge in [-0.3, -0.25) is 9.79 Å². The van der Waals surface area contributed by atoms with Gasteiger partial charge in [0.25, 0.3) is 0 Å². The van der Waals surface area contributed by atoms with Gasteiger partial charge in [-0.05, 0) is 25.0 Å². The highest BCUT2D eigenvalue weighted by atomic mass is 16.2. The van der Waals surface area contributed by atoms with Crippen LogP contribution < -0.4 is 0 Å².